The average Bonchev–Trinajstić information content (AvgIpc) is 2.88. The van der Waals surface area contributed by atoms with Crippen molar-refractivity contribution in [2.45, 2.75) is 57.7 Å². The van der Waals surface area contributed by atoms with Crippen LogP contribution < -0.4 is 9.64 Å². The van der Waals surface area contributed by atoms with Crippen molar-refractivity contribution in [1.29, 1.82) is 0 Å². The lowest BCUT2D eigenvalue weighted by Crippen LogP contribution is -2.45. The van der Waals surface area contributed by atoms with Crippen LogP contribution in [0.5, 0.6) is 5.88 Å². The zero-order valence-electron chi connectivity index (χ0n) is 15.3. The van der Waals surface area contributed by atoms with E-state index >= 15 is 0 Å². The molecule has 0 aromatic carbocycles. The summed E-state index contributed by atoms with van der Waals surface area (Å²) in [5, 5.41) is 10.5. The molecule has 138 valence electrons. The van der Waals surface area contributed by atoms with Gasteiger partial charge in [-0.2, -0.15) is 0 Å². The Bertz CT molecular complexity index is 606. The van der Waals surface area contributed by atoms with E-state index in [4.69, 9.17) is 9.47 Å². The molecule has 1 saturated carbocycles. The second-order valence-corrected chi connectivity index (χ2v) is 7.67. The molecule has 0 bridgehead atoms. The summed E-state index contributed by atoms with van der Waals surface area (Å²) in [6, 6.07) is 3.71. The van der Waals surface area contributed by atoms with Crippen LogP contribution in [0.1, 0.15) is 46.0 Å². The van der Waals surface area contributed by atoms with Crippen LogP contribution in [0.3, 0.4) is 0 Å². The Balaban J connectivity index is 1.68. The number of rotatable bonds is 5. The molecule has 0 radical (unpaired) electrons. The maximum Gasteiger partial charge on any atom is 0.233 e. The lowest BCUT2D eigenvalue weighted by atomic mass is 9.68. The highest BCUT2D eigenvalue weighted by Gasteiger charge is 2.51. The van der Waals surface area contributed by atoms with E-state index < -0.39 is 5.60 Å². The van der Waals surface area contributed by atoms with Crippen molar-refractivity contribution < 1.29 is 19.4 Å². The van der Waals surface area contributed by atoms with Crippen LogP contribution in [0.4, 0.5) is 5.69 Å². The minimum Gasteiger partial charge on any atom is -0.475 e. The topological polar surface area (TPSA) is 71.9 Å². The van der Waals surface area contributed by atoms with Gasteiger partial charge in [0.1, 0.15) is 0 Å². The maximum atomic E-state index is 13.1. The van der Waals surface area contributed by atoms with Crippen LogP contribution in [0, 0.1) is 5.41 Å². The molecule has 1 amide bonds. The highest BCUT2D eigenvalue weighted by molar-refractivity contribution is 5.99. The monoisotopic (exact) mass is 348 g/mol. The first-order valence-electron chi connectivity index (χ1n) is 9.04. The zero-order valence-corrected chi connectivity index (χ0v) is 15.3. The maximum absolute atomic E-state index is 13.1. The first kappa shape index (κ1) is 18.1. The molecule has 2 heterocycles. The van der Waals surface area contributed by atoms with Gasteiger partial charge >= 0.3 is 0 Å². The largest absolute Gasteiger partial charge is 0.475 e. The van der Waals surface area contributed by atoms with Crippen molar-refractivity contribution in [2.75, 3.05) is 25.2 Å². The predicted molar refractivity (Wildman–Crippen MR) is 94.7 cm³/mol. The van der Waals surface area contributed by atoms with Gasteiger partial charge in [0.25, 0.3) is 0 Å². The van der Waals surface area contributed by atoms with E-state index in [1.807, 2.05) is 30.9 Å². The van der Waals surface area contributed by atoms with E-state index in [0.717, 1.165) is 12.1 Å². The molecule has 25 heavy (non-hydrogen) atoms. The Morgan fingerprint density at radius 1 is 1.24 bits per heavy atom. The fourth-order valence-electron chi connectivity index (χ4n) is 3.98. The lowest BCUT2D eigenvalue weighted by molar-refractivity contribution is -0.133. The number of aromatic nitrogens is 1. The van der Waals surface area contributed by atoms with Gasteiger partial charge in [-0.3, -0.25) is 4.79 Å². The molecule has 1 aliphatic heterocycles. The summed E-state index contributed by atoms with van der Waals surface area (Å²) in [5.41, 5.74) is -0.311. The second-order valence-electron chi connectivity index (χ2n) is 7.67. The fraction of sp³-hybridized carbons (Fsp3) is 0.684. The van der Waals surface area contributed by atoms with Crippen LogP contribution in [0.25, 0.3) is 0 Å². The molecule has 1 aromatic rings. The standard InChI is InChI=1S/C19H28N2O4/c1-14(2)25-16-5-4-15(12-20-16)21-11-10-18(17(21)22)6-8-19(23,9-7-18)13-24-3/h4-5,12,14,23H,6-11,13H2,1-3H3. The fourth-order valence-corrected chi connectivity index (χ4v) is 3.98. The molecule has 0 atom stereocenters. The Hall–Kier alpha value is -1.66. The van der Waals surface area contributed by atoms with E-state index in [9.17, 15) is 9.90 Å². The highest BCUT2D eigenvalue weighted by atomic mass is 16.5. The van der Waals surface area contributed by atoms with Crippen molar-refractivity contribution in [1.82, 2.24) is 4.98 Å². The number of aliphatic hydroxyl groups is 1. The van der Waals surface area contributed by atoms with Gasteiger partial charge in [0.15, 0.2) is 0 Å². The number of nitrogens with zero attached hydrogens (tertiary/aromatic N) is 2. The third-order valence-corrected chi connectivity index (χ3v) is 5.45. The molecule has 1 saturated heterocycles. The number of carbonyl (C=O) groups is 1. The van der Waals surface area contributed by atoms with Gasteiger partial charge in [0, 0.05) is 19.7 Å². The van der Waals surface area contributed by atoms with Crippen molar-refractivity contribution in [3.63, 3.8) is 0 Å². The molecule has 2 aliphatic rings. The summed E-state index contributed by atoms with van der Waals surface area (Å²) in [6.45, 7) is 4.95. The molecule has 1 N–H and O–H groups in total. The lowest BCUT2D eigenvalue weighted by Gasteiger charge is -2.40. The van der Waals surface area contributed by atoms with E-state index in [1.165, 1.54) is 0 Å². The Kier molecular flexibility index (Phi) is 5.02. The molecule has 1 spiro atoms. The number of amides is 1. The Morgan fingerprint density at radius 3 is 2.52 bits per heavy atom. The highest BCUT2D eigenvalue weighted by Crippen LogP contribution is 2.48. The number of hydrogen-bond donors (Lipinski definition) is 1. The summed E-state index contributed by atoms with van der Waals surface area (Å²) in [6.07, 6.45) is 5.26. The van der Waals surface area contributed by atoms with Crippen LogP contribution >= 0.6 is 0 Å². The van der Waals surface area contributed by atoms with Gasteiger partial charge in [0.05, 0.1) is 35.6 Å². The van der Waals surface area contributed by atoms with E-state index in [-0.39, 0.29) is 17.4 Å². The third-order valence-electron chi connectivity index (χ3n) is 5.45. The smallest absolute Gasteiger partial charge is 0.233 e. The van der Waals surface area contributed by atoms with Gasteiger partial charge < -0.3 is 19.5 Å². The first-order chi connectivity index (χ1) is 11.9. The van der Waals surface area contributed by atoms with Gasteiger partial charge in [-0.05, 0) is 52.0 Å². The number of carbonyl (C=O) groups excluding carboxylic acids is 1. The van der Waals surface area contributed by atoms with Crippen LogP contribution in [-0.2, 0) is 9.53 Å². The quantitative estimate of drug-likeness (QED) is 0.885. The normalized spacial score (nSPS) is 29.6. The number of methoxy groups -OCH3 is 1. The van der Waals surface area contributed by atoms with E-state index in [2.05, 4.69) is 4.98 Å². The third kappa shape index (κ3) is 3.65. The summed E-state index contributed by atoms with van der Waals surface area (Å²) < 4.78 is 10.7. The zero-order chi connectivity index (χ0) is 18.1. The predicted octanol–water partition coefficient (Wildman–Crippen LogP) is 2.54. The Labute approximate surface area is 149 Å². The molecule has 3 rings (SSSR count). The molecule has 6 nitrogen and oxygen atoms in total. The van der Waals surface area contributed by atoms with Gasteiger partial charge in [0.2, 0.25) is 11.8 Å². The molecule has 2 fully saturated rings. The molecule has 6 heteroatoms. The first-order valence-corrected chi connectivity index (χ1v) is 9.04. The van der Waals surface area contributed by atoms with Crippen molar-refractivity contribution in [3.8, 4) is 5.88 Å². The van der Waals surface area contributed by atoms with Crippen molar-refractivity contribution in [2.24, 2.45) is 5.41 Å². The summed E-state index contributed by atoms with van der Waals surface area (Å²) in [5.74, 6) is 0.730. The second kappa shape index (κ2) is 6.92. The van der Waals surface area contributed by atoms with Gasteiger partial charge in [-0.15, -0.1) is 0 Å². The van der Waals surface area contributed by atoms with Crippen LogP contribution in [-0.4, -0.2) is 48.0 Å². The molecular weight excluding hydrogens is 320 g/mol. The van der Waals surface area contributed by atoms with Gasteiger partial charge in [-0.25, -0.2) is 4.98 Å². The summed E-state index contributed by atoms with van der Waals surface area (Å²) >= 11 is 0. The molecular formula is C19H28N2O4. The molecule has 0 unspecified atom stereocenters. The number of anilines is 1. The summed E-state index contributed by atoms with van der Waals surface area (Å²) in [7, 11) is 1.60. The van der Waals surface area contributed by atoms with Crippen molar-refractivity contribution in [3.05, 3.63) is 18.3 Å². The number of hydrogen-bond acceptors (Lipinski definition) is 5. The number of pyridine rings is 1. The molecule has 1 aromatic heterocycles. The van der Waals surface area contributed by atoms with E-state index in [0.29, 0.717) is 44.7 Å². The minimum atomic E-state index is -0.787. The SMILES string of the molecule is COCC1(O)CCC2(CCN(c3ccc(OC(C)C)nc3)C2=O)CC1. The van der Waals surface area contributed by atoms with Crippen LogP contribution in [0.15, 0.2) is 18.3 Å². The average molecular weight is 348 g/mol. The van der Waals surface area contributed by atoms with Crippen molar-refractivity contribution >= 4 is 11.6 Å². The van der Waals surface area contributed by atoms with Gasteiger partial charge in [-0.1, -0.05) is 0 Å². The van der Waals surface area contributed by atoms with E-state index in [1.54, 1.807) is 13.3 Å². The summed E-state index contributed by atoms with van der Waals surface area (Å²) in [4.78, 5) is 19.2. The minimum absolute atomic E-state index is 0.0723. The number of ether oxygens (including phenoxy) is 2. The van der Waals surface area contributed by atoms with Crippen LogP contribution in [0.2, 0.25) is 0 Å². The molecule has 1 aliphatic carbocycles. The Morgan fingerprint density at radius 2 is 1.96 bits per heavy atom.